The maximum Gasteiger partial charge on any atom is 0.258 e. The molecule has 0 aliphatic heterocycles. The summed E-state index contributed by atoms with van der Waals surface area (Å²) in [7, 11) is 3.06. The molecule has 0 radical (unpaired) electrons. The summed E-state index contributed by atoms with van der Waals surface area (Å²) in [5.41, 5.74) is 1.52. The molecule has 0 aliphatic carbocycles. The highest BCUT2D eigenvalue weighted by atomic mass is 16.5. The fraction of sp³-hybridized carbons (Fsp3) is 0.333. The zero-order valence-electron chi connectivity index (χ0n) is 20.2. The Labute approximate surface area is 200 Å². The summed E-state index contributed by atoms with van der Waals surface area (Å²) in [6.45, 7) is 4.57. The summed E-state index contributed by atoms with van der Waals surface area (Å²) in [4.78, 5) is 30.2. The van der Waals surface area contributed by atoms with Crippen LogP contribution in [-0.4, -0.2) is 55.0 Å². The van der Waals surface area contributed by atoms with Gasteiger partial charge in [0.25, 0.3) is 5.91 Å². The number of benzene rings is 2. The topological polar surface area (TPSA) is 72.2 Å². The second kappa shape index (κ2) is 11.9. The molecule has 0 saturated heterocycles. The van der Waals surface area contributed by atoms with E-state index in [0.717, 1.165) is 5.56 Å². The minimum atomic E-state index is -0.274. The first kappa shape index (κ1) is 24.9. The number of carbonyl (C=O) groups is 2. The van der Waals surface area contributed by atoms with Crippen LogP contribution in [0, 0.1) is 0 Å². The minimum absolute atomic E-state index is 0.0544. The molecule has 0 N–H and O–H groups in total. The molecule has 3 rings (SSSR count). The van der Waals surface area contributed by atoms with Crippen molar-refractivity contribution in [2.24, 2.45) is 0 Å². The summed E-state index contributed by atoms with van der Waals surface area (Å²) in [6, 6.07) is 18.5. The van der Waals surface area contributed by atoms with Gasteiger partial charge in [-0.05, 0) is 50.1 Å². The van der Waals surface area contributed by atoms with E-state index in [9.17, 15) is 9.59 Å². The van der Waals surface area contributed by atoms with Gasteiger partial charge in [0.1, 0.15) is 23.8 Å². The van der Waals surface area contributed by atoms with Crippen molar-refractivity contribution in [3.05, 3.63) is 83.8 Å². The van der Waals surface area contributed by atoms with Crippen molar-refractivity contribution in [1.29, 1.82) is 0 Å². The van der Waals surface area contributed by atoms with E-state index >= 15 is 0 Å². The molecule has 3 aromatic rings. The van der Waals surface area contributed by atoms with E-state index in [1.165, 1.54) is 7.11 Å². The van der Waals surface area contributed by atoms with Crippen molar-refractivity contribution < 1.29 is 23.5 Å². The first-order valence-electron chi connectivity index (χ1n) is 11.3. The van der Waals surface area contributed by atoms with Crippen LogP contribution in [0.3, 0.4) is 0 Å². The summed E-state index contributed by atoms with van der Waals surface area (Å²) < 4.78 is 16.1. The van der Waals surface area contributed by atoms with Crippen LogP contribution in [0.2, 0.25) is 0 Å². The molecule has 0 fully saturated rings. The highest BCUT2D eigenvalue weighted by Gasteiger charge is 2.27. The molecular weight excluding hydrogens is 432 g/mol. The number of furan rings is 1. The van der Waals surface area contributed by atoms with Gasteiger partial charge in [-0.2, -0.15) is 0 Å². The van der Waals surface area contributed by atoms with E-state index < -0.39 is 0 Å². The third-order valence-electron chi connectivity index (χ3n) is 5.62. The Hall–Kier alpha value is -3.74. The van der Waals surface area contributed by atoms with E-state index in [1.54, 1.807) is 47.4 Å². The molecule has 0 unspecified atom stereocenters. The molecule has 0 bridgehead atoms. The first-order chi connectivity index (χ1) is 16.4. The molecule has 2 amide bonds. The molecule has 1 aromatic heterocycles. The Bertz CT molecular complexity index is 1060. The SMILES string of the molecule is COc1ccc(C(=O)N(CC(=O)N(CCc2ccccc2)Cc2ccco2)C(C)C)c(OC)c1. The lowest BCUT2D eigenvalue weighted by atomic mass is 10.1. The molecule has 1 heterocycles. The fourth-order valence-electron chi connectivity index (χ4n) is 3.66. The summed E-state index contributed by atoms with van der Waals surface area (Å²) in [5.74, 6) is 1.26. The largest absolute Gasteiger partial charge is 0.497 e. The standard InChI is InChI=1S/C27H32N2O5/c1-20(2)29(27(31)24-13-12-22(32-3)17-25(24)33-4)19-26(30)28(18-23-11-8-16-34-23)15-14-21-9-6-5-7-10-21/h5-13,16-17,20H,14-15,18-19H2,1-4H3. The number of nitrogens with zero attached hydrogens (tertiary/aromatic N) is 2. The number of hydrogen-bond acceptors (Lipinski definition) is 5. The lowest BCUT2D eigenvalue weighted by Gasteiger charge is -2.30. The predicted octanol–water partition coefficient (Wildman–Crippen LogP) is 4.42. The fourth-order valence-corrected chi connectivity index (χ4v) is 3.66. The van der Waals surface area contributed by atoms with Gasteiger partial charge in [-0.3, -0.25) is 9.59 Å². The highest BCUT2D eigenvalue weighted by Crippen LogP contribution is 2.26. The Morgan fingerprint density at radius 2 is 1.74 bits per heavy atom. The van der Waals surface area contributed by atoms with E-state index in [-0.39, 0.29) is 24.4 Å². The van der Waals surface area contributed by atoms with Crippen molar-refractivity contribution in [1.82, 2.24) is 9.80 Å². The van der Waals surface area contributed by atoms with E-state index in [4.69, 9.17) is 13.9 Å². The van der Waals surface area contributed by atoms with Crippen LogP contribution in [0.15, 0.2) is 71.3 Å². The minimum Gasteiger partial charge on any atom is -0.497 e. The number of rotatable bonds is 11. The highest BCUT2D eigenvalue weighted by molar-refractivity contribution is 5.99. The van der Waals surface area contributed by atoms with Gasteiger partial charge in [0.2, 0.25) is 5.91 Å². The molecule has 7 nitrogen and oxygen atoms in total. The van der Waals surface area contributed by atoms with Crippen molar-refractivity contribution in [3.63, 3.8) is 0 Å². The van der Waals surface area contributed by atoms with E-state index in [1.807, 2.05) is 50.2 Å². The van der Waals surface area contributed by atoms with Gasteiger partial charge < -0.3 is 23.7 Å². The monoisotopic (exact) mass is 464 g/mol. The molecule has 0 saturated carbocycles. The molecule has 180 valence electrons. The Kier molecular flexibility index (Phi) is 8.73. The molecule has 7 heteroatoms. The van der Waals surface area contributed by atoms with Crippen LogP contribution in [0.5, 0.6) is 11.5 Å². The van der Waals surface area contributed by atoms with Gasteiger partial charge in [0.05, 0.1) is 32.6 Å². The van der Waals surface area contributed by atoms with E-state index in [2.05, 4.69) is 0 Å². The van der Waals surface area contributed by atoms with Crippen molar-refractivity contribution in [2.45, 2.75) is 32.9 Å². The quantitative estimate of drug-likeness (QED) is 0.420. The number of carbonyl (C=O) groups excluding carboxylic acids is 2. The average Bonchev–Trinajstić information content (AvgIpc) is 3.37. The number of methoxy groups -OCH3 is 2. The normalized spacial score (nSPS) is 10.7. The molecule has 34 heavy (non-hydrogen) atoms. The number of amides is 2. The van der Waals surface area contributed by atoms with Crippen molar-refractivity contribution in [3.8, 4) is 11.5 Å². The molecule has 0 aliphatic rings. The van der Waals surface area contributed by atoms with Gasteiger partial charge in [-0.1, -0.05) is 30.3 Å². The Balaban J connectivity index is 1.79. The van der Waals surface area contributed by atoms with Gasteiger partial charge in [-0.25, -0.2) is 0 Å². The lowest BCUT2D eigenvalue weighted by Crippen LogP contribution is -2.46. The van der Waals surface area contributed by atoms with Gasteiger partial charge in [0, 0.05) is 18.7 Å². The third kappa shape index (κ3) is 6.41. The molecule has 0 atom stereocenters. The average molecular weight is 465 g/mol. The lowest BCUT2D eigenvalue weighted by molar-refractivity contribution is -0.133. The second-order valence-electron chi connectivity index (χ2n) is 8.22. The summed E-state index contributed by atoms with van der Waals surface area (Å²) in [5, 5.41) is 0. The third-order valence-corrected chi connectivity index (χ3v) is 5.62. The van der Waals surface area contributed by atoms with Crippen LogP contribution in [0.4, 0.5) is 0 Å². The van der Waals surface area contributed by atoms with E-state index in [0.29, 0.717) is 42.3 Å². The number of hydrogen-bond donors (Lipinski definition) is 0. The Morgan fingerprint density at radius 3 is 2.35 bits per heavy atom. The first-order valence-corrected chi connectivity index (χ1v) is 11.3. The van der Waals surface area contributed by atoms with Crippen molar-refractivity contribution >= 4 is 11.8 Å². The zero-order valence-corrected chi connectivity index (χ0v) is 20.2. The van der Waals surface area contributed by atoms with Crippen LogP contribution in [-0.2, 0) is 17.8 Å². The molecule has 0 spiro atoms. The predicted molar refractivity (Wildman–Crippen MR) is 130 cm³/mol. The zero-order chi connectivity index (χ0) is 24.5. The smallest absolute Gasteiger partial charge is 0.258 e. The summed E-state index contributed by atoms with van der Waals surface area (Å²) in [6.07, 6.45) is 2.30. The summed E-state index contributed by atoms with van der Waals surface area (Å²) >= 11 is 0. The van der Waals surface area contributed by atoms with Gasteiger partial charge in [0.15, 0.2) is 0 Å². The van der Waals surface area contributed by atoms with Crippen molar-refractivity contribution in [2.75, 3.05) is 27.3 Å². The maximum absolute atomic E-state index is 13.4. The van der Waals surface area contributed by atoms with Gasteiger partial charge >= 0.3 is 0 Å². The number of ether oxygens (including phenoxy) is 2. The molecular formula is C27H32N2O5. The van der Waals surface area contributed by atoms with Gasteiger partial charge in [-0.15, -0.1) is 0 Å². The van der Waals surface area contributed by atoms with Crippen LogP contribution in [0.25, 0.3) is 0 Å². The second-order valence-corrected chi connectivity index (χ2v) is 8.22. The van der Waals surface area contributed by atoms with Crippen LogP contribution >= 0.6 is 0 Å². The van der Waals surface area contributed by atoms with Crippen LogP contribution < -0.4 is 9.47 Å². The molecule has 2 aromatic carbocycles. The maximum atomic E-state index is 13.4. The Morgan fingerprint density at radius 1 is 0.971 bits per heavy atom. The van der Waals surface area contributed by atoms with Crippen LogP contribution in [0.1, 0.15) is 35.5 Å².